The lowest BCUT2D eigenvalue weighted by Gasteiger charge is -2.11. The molecule has 0 aromatic heterocycles. The Morgan fingerprint density at radius 3 is 2.31 bits per heavy atom. The van der Waals surface area contributed by atoms with Crippen molar-refractivity contribution >= 4 is 44.2 Å². The van der Waals surface area contributed by atoms with Gasteiger partial charge in [-0.2, -0.15) is 13.2 Å². The van der Waals surface area contributed by atoms with E-state index in [1.54, 1.807) is 22.6 Å². The van der Waals surface area contributed by atoms with E-state index in [1.165, 1.54) is 6.07 Å². The van der Waals surface area contributed by atoms with Crippen LogP contribution in [0.25, 0.3) is 0 Å². The van der Waals surface area contributed by atoms with Crippen LogP contribution in [0.3, 0.4) is 0 Å². The van der Waals surface area contributed by atoms with Crippen molar-refractivity contribution in [3.8, 4) is 0 Å². The summed E-state index contributed by atoms with van der Waals surface area (Å²) in [7, 11) is 0. The molecule has 0 aliphatic rings. The van der Waals surface area contributed by atoms with Crippen LogP contribution in [0, 0.1) is 3.57 Å². The maximum Gasteiger partial charge on any atom is 0.417 e. The quantitative estimate of drug-likeness (QED) is 0.551. The Balaban J connectivity index is 3.35. The van der Waals surface area contributed by atoms with Gasteiger partial charge in [-0.1, -0.05) is 0 Å². The van der Waals surface area contributed by atoms with Gasteiger partial charge in [-0.25, -0.2) is 0 Å². The average molecular weight is 366 g/mol. The molecule has 72 valence electrons. The largest absolute Gasteiger partial charge is 0.417 e. The molecule has 0 spiro atoms. The lowest BCUT2D eigenvalue weighted by atomic mass is 10.2. The van der Waals surface area contributed by atoms with Crippen LogP contribution in [-0.4, -0.2) is 0 Å². The Morgan fingerprint density at radius 1 is 1.31 bits per heavy atom. The number of anilines is 1. The Kier molecular flexibility index (Phi) is 3.11. The minimum Gasteiger partial charge on any atom is -0.397 e. The molecule has 0 amide bonds. The first-order valence-corrected chi connectivity index (χ1v) is 5.02. The summed E-state index contributed by atoms with van der Waals surface area (Å²) < 4.78 is 37.4. The van der Waals surface area contributed by atoms with Gasteiger partial charge >= 0.3 is 6.18 Å². The Labute approximate surface area is 94.8 Å². The Bertz CT molecular complexity index is 337. The number of benzene rings is 1. The van der Waals surface area contributed by atoms with E-state index in [9.17, 15) is 13.2 Å². The lowest BCUT2D eigenvalue weighted by molar-refractivity contribution is -0.138. The molecule has 0 saturated carbocycles. The maximum atomic E-state index is 12.3. The zero-order chi connectivity index (χ0) is 10.2. The molecule has 0 aliphatic carbocycles. The van der Waals surface area contributed by atoms with E-state index in [0.717, 1.165) is 6.07 Å². The standard InChI is InChI=1S/C7H4BrF3IN/c8-4-2-1-3(7(9,10)11)5(12)6(4)13/h1-2H,13H2. The molecule has 0 aliphatic heterocycles. The first kappa shape index (κ1) is 11.1. The van der Waals surface area contributed by atoms with Crippen molar-refractivity contribution in [1.82, 2.24) is 0 Å². The van der Waals surface area contributed by atoms with Gasteiger partial charge in [0, 0.05) is 8.04 Å². The van der Waals surface area contributed by atoms with E-state index >= 15 is 0 Å². The van der Waals surface area contributed by atoms with E-state index in [2.05, 4.69) is 15.9 Å². The minimum absolute atomic E-state index is 0.0273. The van der Waals surface area contributed by atoms with Crippen molar-refractivity contribution in [3.63, 3.8) is 0 Å². The summed E-state index contributed by atoms with van der Waals surface area (Å²) in [5.74, 6) is 0. The van der Waals surface area contributed by atoms with E-state index in [1.807, 2.05) is 0 Å². The van der Waals surface area contributed by atoms with Gasteiger partial charge in [0.2, 0.25) is 0 Å². The highest BCUT2D eigenvalue weighted by atomic mass is 127. The molecule has 2 N–H and O–H groups in total. The third-order valence-electron chi connectivity index (χ3n) is 1.43. The van der Waals surface area contributed by atoms with Gasteiger partial charge in [0.25, 0.3) is 0 Å². The fourth-order valence-electron chi connectivity index (χ4n) is 0.788. The highest BCUT2D eigenvalue weighted by molar-refractivity contribution is 14.1. The molecule has 0 heterocycles. The second-order valence-corrected chi connectivity index (χ2v) is 4.25. The molecular formula is C7H4BrF3IN. The van der Waals surface area contributed by atoms with Crippen LogP contribution in [0.5, 0.6) is 0 Å². The van der Waals surface area contributed by atoms with Gasteiger partial charge in [-0.3, -0.25) is 0 Å². The van der Waals surface area contributed by atoms with Gasteiger partial charge in [0.15, 0.2) is 0 Å². The number of hydrogen-bond acceptors (Lipinski definition) is 1. The first-order valence-electron chi connectivity index (χ1n) is 3.14. The van der Waals surface area contributed by atoms with Crippen molar-refractivity contribution in [2.75, 3.05) is 5.73 Å². The Hall–Kier alpha value is 0.0200. The number of halogens is 5. The third-order valence-corrected chi connectivity index (χ3v) is 3.29. The van der Waals surface area contributed by atoms with Gasteiger partial charge in [-0.15, -0.1) is 0 Å². The number of hydrogen-bond donors (Lipinski definition) is 1. The SMILES string of the molecule is Nc1c(Br)ccc(C(F)(F)F)c1I. The maximum absolute atomic E-state index is 12.3. The minimum atomic E-state index is -4.34. The summed E-state index contributed by atoms with van der Waals surface area (Å²) in [6, 6.07) is 2.29. The molecule has 0 atom stereocenters. The second kappa shape index (κ2) is 3.64. The number of alkyl halides is 3. The fourth-order valence-corrected chi connectivity index (χ4v) is 2.27. The molecule has 0 unspecified atom stereocenters. The summed E-state index contributed by atoms with van der Waals surface area (Å²) in [5, 5.41) is 0. The highest BCUT2D eigenvalue weighted by Gasteiger charge is 2.33. The predicted molar refractivity (Wildman–Crippen MR) is 56.3 cm³/mol. The summed E-state index contributed by atoms with van der Waals surface area (Å²) in [6.07, 6.45) is -4.34. The van der Waals surface area contributed by atoms with Crippen LogP contribution in [0.1, 0.15) is 5.56 Å². The van der Waals surface area contributed by atoms with Gasteiger partial charge < -0.3 is 5.73 Å². The molecule has 1 aromatic rings. The normalized spacial score (nSPS) is 11.8. The van der Waals surface area contributed by atoms with Crippen LogP contribution >= 0.6 is 38.5 Å². The van der Waals surface area contributed by atoms with E-state index in [4.69, 9.17) is 5.73 Å². The van der Waals surface area contributed by atoms with E-state index < -0.39 is 11.7 Å². The molecule has 0 bridgehead atoms. The average Bonchev–Trinajstić information content (AvgIpc) is 1.98. The third kappa shape index (κ3) is 2.28. The van der Waals surface area contributed by atoms with Crippen LogP contribution in [0.2, 0.25) is 0 Å². The zero-order valence-corrected chi connectivity index (χ0v) is 9.87. The van der Waals surface area contributed by atoms with Crippen LogP contribution in [-0.2, 0) is 6.18 Å². The predicted octanol–water partition coefficient (Wildman–Crippen LogP) is 3.65. The van der Waals surface area contributed by atoms with Gasteiger partial charge in [0.1, 0.15) is 0 Å². The van der Waals surface area contributed by atoms with Crippen molar-refractivity contribution in [2.45, 2.75) is 6.18 Å². The summed E-state index contributed by atoms with van der Waals surface area (Å²) in [5.41, 5.74) is 4.85. The molecule has 1 aromatic carbocycles. The topological polar surface area (TPSA) is 26.0 Å². The first-order chi connectivity index (χ1) is 5.84. The number of nitrogens with two attached hydrogens (primary N) is 1. The second-order valence-electron chi connectivity index (χ2n) is 2.32. The van der Waals surface area contributed by atoms with Crippen molar-refractivity contribution in [2.24, 2.45) is 0 Å². The molecule has 13 heavy (non-hydrogen) atoms. The van der Waals surface area contributed by atoms with Crippen molar-refractivity contribution in [3.05, 3.63) is 25.7 Å². The monoisotopic (exact) mass is 365 g/mol. The van der Waals surface area contributed by atoms with Gasteiger partial charge in [-0.05, 0) is 50.7 Å². The highest BCUT2D eigenvalue weighted by Crippen LogP contribution is 2.37. The molecule has 0 radical (unpaired) electrons. The van der Waals surface area contributed by atoms with E-state index in [-0.39, 0.29) is 9.26 Å². The number of rotatable bonds is 0. The zero-order valence-electron chi connectivity index (χ0n) is 6.12. The molecule has 1 rings (SSSR count). The van der Waals surface area contributed by atoms with Crippen LogP contribution in [0.15, 0.2) is 16.6 Å². The molecule has 6 heteroatoms. The van der Waals surface area contributed by atoms with Crippen molar-refractivity contribution in [1.29, 1.82) is 0 Å². The van der Waals surface area contributed by atoms with Crippen LogP contribution in [0.4, 0.5) is 18.9 Å². The molecule has 0 fully saturated rings. The van der Waals surface area contributed by atoms with Crippen molar-refractivity contribution < 1.29 is 13.2 Å². The van der Waals surface area contributed by atoms with E-state index in [0.29, 0.717) is 4.47 Å². The summed E-state index contributed by atoms with van der Waals surface area (Å²) in [6.45, 7) is 0. The fraction of sp³-hybridized carbons (Fsp3) is 0.143. The number of nitrogen functional groups attached to an aromatic ring is 1. The molecule has 1 nitrogen and oxygen atoms in total. The molecule has 0 saturated heterocycles. The van der Waals surface area contributed by atoms with Crippen LogP contribution < -0.4 is 5.73 Å². The summed E-state index contributed by atoms with van der Waals surface area (Å²) >= 11 is 4.63. The Morgan fingerprint density at radius 2 is 1.85 bits per heavy atom. The summed E-state index contributed by atoms with van der Waals surface area (Å²) in [4.78, 5) is 0. The van der Waals surface area contributed by atoms with Gasteiger partial charge in [0.05, 0.1) is 11.3 Å². The smallest absolute Gasteiger partial charge is 0.397 e. The molecular weight excluding hydrogens is 362 g/mol. The lowest BCUT2D eigenvalue weighted by Crippen LogP contribution is -2.09.